The molecule has 0 radical (unpaired) electrons. The van der Waals surface area contributed by atoms with Crippen LogP contribution in [-0.4, -0.2) is 5.91 Å². The molecule has 1 amide bonds. The van der Waals surface area contributed by atoms with Gasteiger partial charge in [-0.3, -0.25) is 4.79 Å². The number of nitrogens with one attached hydrogen (secondary N) is 1. The van der Waals surface area contributed by atoms with E-state index in [9.17, 15) is 4.79 Å². The summed E-state index contributed by atoms with van der Waals surface area (Å²) in [7, 11) is 0. The highest BCUT2D eigenvalue weighted by Gasteiger charge is 2.26. The molecule has 0 unspecified atom stereocenters. The first kappa shape index (κ1) is 14.3. The summed E-state index contributed by atoms with van der Waals surface area (Å²) in [4.78, 5) is 12.4. The van der Waals surface area contributed by atoms with E-state index in [1.807, 2.05) is 12.1 Å². The highest BCUT2D eigenvalue weighted by atomic mass is 16.3. The molecule has 1 aromatic heterocycles. The zero-order valence-corrected chi connectivity index (χ0v) is 13.7. The van der Waals surface area contributed by atoms with Crippen LogP contribution in [0.5, 0.6) is 0 Å². The van der Waals surface area contributed by atoms with Crippen LogP contribution in [0.3, 0.4) is 0 Å². The van der Waals surface area contributed by atoms with Crippen molar-refractivity contribution in [2.45, 2.75) is 46.0 Å². The van der Waals surface area contributed by atoms with Crippen molar-refractivity contribution in [3.63, 3.8) is 0 Å². The number of benzene rings is 1. The Balaban J connectivity index is 1.81. The normalized spacial score (nSPS) is 18.0. The molecule has 2 aromatic rings. The predicted octanol–water partition coefficient (Wildman–Crippen LogP) is 4.52. The lowest BCUT2D eigenvalue weighted by molar-refractivity contribution is -0.110. The van der Waals surface area contributed by atoms with Crippen LogP contribution < -0.4 is 5.32 Å². The van der Waals surface area contributed by atoms with Crippen LogP contribution in [0.2, 0.25) is 0 Å². The molecule has 3 heteroatoms. The third-order valence-electron chi connectivity index (χ3n) is 5.02. The van der Waals surface area contributed by atoms with Gasteiger partial charge in [0.1, 0.15) is 11.5 Å². The predicted molar refractivity (Wildman–Crippen MR) is 92.4 cm³/mol. The van der Waals surface area contributed by atoms with E-state index in [2.05, 4.69) is 31.3 Å². The minimum atomic E-state index is -0.0398. The smallest absolute Gasteiger partial charge is 0.256 e. The summed E-state index contributed by atoms with van der Waals surface area (Å²) in [5.74, 6) is 1.92. The summed E-state index contributed by atoms with van der Waals surface area (Å²) in [5, 5.41) is 2.95. The number of rotatable bonds is 2. The van der Waals surface area contributed by atoms with Gasteiger partial charge in [-0.25, -0.2) is 0 Å². The number of anilines is 1. The molecule has 0 spiro atoms. The van der Waals surface area contributed by atoms with Crippen LogP contribution in [0.15, 0.2) is 22.6 Å². The van der Waals surface area contributed by atoms with Gasteiger partial charge in [0.05, 0.1) is 5.57 Å². The Bertz CT molecular complexity index is 826. The van der Waals surface area contributed by atoms with E-state index in [0.29, 0.717) is 5.57 Å². The highest BCUT2D eigenvalue weighted by molar-refractivity contribution is 6.34. The first-order valence-electron chi connectivity index (χ1n) is 8.45. The van der Waals surface area contributed by atoms with Gasteiger partial charge < -0.3 is 9.73 Å². The molecule has 1 aromatic carbocycles. The molecule has 0 bridgehead atoms. The fourth-order valence-electron chi connectivity index (χ4n) is 3.61. The molecule has 1 aliphatic heterocycles. The van der Waals surface area contributed by atoms with E-state index >= 15 is 0 Å². The lowest BCUT2D eigenvalue weighted by atomic mass is 9.95. The SMILES string of the molecule is CCc1ccc2c(c1)C(=Cc1oc3c(c1C)CCCC3)C(=O)N2. The third kappa shape index (κ3) is 2.31. The molecule has 4 rings (SSSR count). The van der Waals surface area contributed by atoms with Gasteiger partial charge in [-0.2, -0.15) is 0 Å². The van der Waals surface area contributed by atoms with E-state index in [1.54, 1.807) is 0 Å². The Morgan fingerprint density at radius 3 is 2.87 bits per heavy atom. The van der Waals surface area contributed by atoms with Crippen molar-refractivity contribution in [1.29, 1.82) is 0 Å². The summed E-state index contributed by atoms with van der Waals surface area (Å²) in [6.45, 7) is 4.23. The van der Waals surface area contributed by atoms with Crippen LogP contribution in [0.25, 0.3) is 11.6 Å². The van der Waals surface area contributed by atoms with Crippen LogP contribution in [0.4, 0.5) is 5.69 Å². The molecule has 23 heavy (non-hydrogen) atoms. The van der Waals surface area contributed by atoms with Crippen molar-refractivity contribution >= 4 is 23.2 Å². The average molecular weight is 307 g/mol. The Hall–Kier alpha value is -2.29. The third-order valence-corrected chi connectivity index (χ3v) is 5.02. The van der Waals surface area contributed by atoms with E-state index in [1.165, 1.54) is 29.5 Å². The molecule has 118 valence electrons. The fraction of sp³-hybridized carbons (Fsp3) is 0.350. The second kappa shape index (κ2) is 5.41. The van der Waals surface area contributed by atoms with Gasteiger partial charge in [0, 0.05) is 17.7 Å². The molecule has 0 saturated heterocycles. The van der Waals surface area contributed by atoms with E-state index in [0.717, 1.165) is 42.0 Å². The van der Waals surface area contributed by atoms with Gasteiger partial charge in [0.15, 0.2) is 0 Å². The summed E-state index contributed by atoms with van der Waals surface area (Å²) in [6.07, 6.45) is 7.42. The zero-order chi connectivity index (χ0) is 16.0. The van der Waals surface area contributed by atoms with E-state index < -0.39 is 0 Å². The van der Waals surface area contributed by atoms with Crippen LogP contribution in [0, 0.1) is 6.92 Å². The Morgan fingerprint density at radius 2 is 2.09 bits per heavy atom. The van der Waals surface area contributed by atoms with Crippen molar-refractivity contribution in [3.8, 4) is 0 Å². The molecule has 0 atom stereocenters. The van der Waals surface area contributed by atoms with Crippen LogP contribution in [-0.2, 0) is 24.1 Å². The monoisotopic (exact) mass is 307 g/mol. The largest absolute Gasteiger partial charge is 0.461 e. The van der Waals surface area contributed by atoms with Gasteiger partial charge >= 0.3 is 0 Å². The first-order valence-corrected chi connectivity index (χ1v) is 8.45. The van der Waals surface area contributed by atoms with E-state index in [4.69, 9.17) is 4.42 Å². The molecular formula is C20H21NO2. The molecule has 2 heterocycles. The quantitative estimate of drug-likeness (QED) is 0.829. The molecule has 1 N–H and O–H groups in total. The molecule has 0 saturated carbocycles. The van der Waals surface area contributed by atoms with Crippen LogP contribution >= 0.6 is 0 Å². The van der Waals surface area contributed by atoms with E-state index in [-0.39, 0.29) is 5.91 Å². The number of furan rings is 1. The number of carbonyl (C=O) groups excluding carboxylic acids is 1. The number of amides is 1. The van der Waals surface area contributed by atoms with Gasteiger partial charge in [-0.05, 0) is 67.5 Å². The molecule has 3 nitrogen and oxygen atoms in total. The van der Waals surface area contributed by atoms with Crippen molar-refractivity contribution in [2.75, 3.05) is 5.32 Å². The molecule has 1 aliphatic carbocycles. The minimum absolute atomic E-state index is 0.0398. The molecule has 0 fully saturated rings. The second-order valence-electron chi connectivity index (χ2n) is 6.45. The highest BCUT2D eigenvalue weighted by Crippen LogP contribution is 2.36. The molecular weight excluding hydrogens is 286 g/mol. The number of fused-ring (bicyclic) bond motifs is 2. The number of aryl methyl sites for hydroxylation is 2. The molecule has 2 aliphatic rings. The fourth-order valence-corrected chi connectivity index (χ4v) is 3.61. The van der Waals surface area contributed by atoms with Gasteiger partial charge in [-0.1, -0.05) is 13.0 Å². The second-order valence-corrected chi connectivity index (χ2v) is 6.45. The average Bonchev–Trinajstić information content (AvgIpc) is 3.05. The number of hydrogen-bond acceptors (Lipinski definition) is 2. The first-order chi connectivity index (χ1) is 11.2. The van der Waals surface area contributed by atoms with Gasteiger partial charge in [0.25, 0.3) is 5.91 Å². The Labute approximate surface area is 136 Å². The zero-order valence-electron chi connectivity index (χ0n) is 13.7. The maximum Gasteiger partial charge on any atom is 0.256 e. The standard InChI is InChI=1S/C20H21NO2/c1-3-13-8-9-17-15(10-13)16(20(22)21-17)11-19-12(2)14-6-4-5-7-18(14)23-19/h8-11H,3-7H2,1-2H3,(H,21,22). The Kier molecular flexibility index (Phi) is 3.37. The number of hydrogen-bond donors (Lipinski definition) is 1. The number of carbonyl (C=O) groups is 1. The van der Waals surface area contributed by atoms with Crippen molar-refractivity contribution in [2.24, 2.45) is 0 Å². The van der Waals surface area contributed by atoms with Crippen molar-refractivity contribution in [3.05, 3.63) is 52.0 Å². The van der Waals surface area contributed by atoms with Gasteiger partial charge in [0.2, 0.25) is 0 Å². The van der Waals surface area contributed by atoms with Crippen molar-refractivity contribution < 1.29 is 9.21 Å². The van der Waals surface area contributed by atoms with Gasteiger partial charge in [-0.15, -0.1) is 0 Å². The van der Waals surface area contributed by atoms with Crippen LogP contribution in [0.1, 0.15) is 53.5 Å². The summed E-state index contributed by atoms with van der Waals surface area (Å²) in [6, 6.07) is 6.17. The lowest BCUT2D eigenvalue weighted by Crippen LogP contribution is -2.03. The summed E-state index contributed by atoms with van der Waals surface area (Å²) >= 11 is 0. The minimum Gasteiger partial charge on any atom is -0.461 e. The van der Waals surface area contributed by atoms with Crippen molar-refractivity contribution in [1.82, 2.24) is 0 Å². The maximum absolute atomic E-state index is 12.4. The Morgan fingerprint density at radius 1 is 1.26 bits per heavy atom. The topological polar surface area (TPSA) is 42.2 Å². The lowest BCUT2D eigenvalue weighted by Gasteiger charge is -2.08. The summed E-state index contributed by atoms with van der Waals surface area (Å²) < 4.78 is 6.06. The summed E-state index contributed by atoms with van der Waals surface area (Å²) in [5.41, 5.74) is 6.38. The maximum atomic E-state index is 12.4.